The van der Waals surface area contributed by atoms with Crippen molar-refractivity contribution < 1.29 is 9.53 Å². The Kier molecular flexibility index (Phi) is 5.27. The molecule has 0 aliphatic rings. The second-order valence-electron chi connectivity index (χ2n) is 6.39. The molecular weight excluding hydrogens is 388 g/mol. The number of nitrogens with zero attached hydrogens (tertiary/aromatic N) is 4. The van der Waals surface area contributed by atoms with Gasteiger partial charge in [-0.15, -0.1) is 0 Å². The highest BCUT2D eigenvalue weighted by molar-refractivity contribution is 6.30. The number of rotatable bonds is 5. The molecule has 3 heterocycles. The standard InChI is InChI=1S/C22H19ClN4O2/c1-3-27-21-17(13-25-27)18(15-10-16(23)12-24-11-15)19(22(28)29-4-2)20(26-21)14-8-6-5-7-9-14/h5-13H,3-4H2,1-2H3. The number of carbonyl (C=O) groups is 1. The summed E-state index contributed by atoms with van der Waals surface area (Å²) in [6.45, 7) is 4.68. The van der Waals surface area contributed by atoms with E-state index in [4.69, 9.17) is 21.3 Å². The third-order valence-corrected chi connectivity index (χ3v) is 4.81. The van der Waals surface area contributed by atoms with Gasteiger partial charge in [0.15, 0.2) is 5.65 Å². The van der Waals surface area contributed by atoms with Crippen molar-refractivity contribution in [1.82, 2.24) is 19.7 Å². The smallest absolute Gasteiger partial charge is 0.341 e. The third-order valence-electron chi connectivity index (χ3n) is 4.61. The summed E-state index contributed by atoms with van der Waals surface area (Å²) in [4.78, 5) is 22.1. The van der Waals surface area contributed by atoms with Gasteiger partial charge in [-0.2, -0.15) is 5.10 Å². The number of fused-ring (bicyclic) bond motifs is 1. The molecule has 3 aromatic heterocycles. The first-order valence-corrected chi connectivity index (χ1v) is 9.74. The molecule has 0 spiro atoms. The quantitative estimate of drug-likeness (QED) is 0.436. The molecule has 0 fully saturated rings. The fourth-order valence-corrected chi connectivity index (χ4v) is 3.55. The van der Waals surface area contributed by atoms with Crippen LogP contribution in [0.4, 0.5) is 0 Å². The van der Waals surface area contributed by atoms with Crippen molar-refractivity contribution >= 4 is 28.6 Å². The highest BCUT2D eigenvalue weighted by Crippen LogP contribution is 2.38. The molecule has 0 saturated heterocycles. The third kappa shape index (κ3) is 3.47. The van der Waals surface area contributed by atoms with Crippen LogP contribution >= 0.6 is 11.6 Å². The van der Waals surface area contributed by atoms with Crippen LogP contribution in [-0.4, -0.2) is 32.3 Å². The molecule has 4 aromatic rings. The van der Waals surface area contributed by atoms with Crippen LogP contribution in [0.25, 0.3) is 33.4 Å². The minimum atomic E-state index is -0.444. The van der Waals surface area contributed by atoms with Crippen LogP contribution in [0, 0.1) is 0 Å². The van der Waals surface area contributed by atoms with Crippen LogP contribution in [-0.2, 0) is 11.3 Å². The van der Waals surface area contributed by atoms with Gasteiger partial charge in [0.1, 0.15) is 0 Å². The molecule has 0 aliphatic heterocycles. The van der Waals surface area contributed by atoms with Gasteiger partial charge in [-0.05, 0) is 19.9 Å². The first-order chi connectivity index (χ1) is 14.1. The summed E-state index contributed by atoms with van der Waals surface area (Å²) in [5.41, 5.74) is 3.81. The van der Waals surface area contributed by atoms with E-state index in [9.17, 15) is 4.79 Å². The average Bonchev–Trinajstić information content (AvgIpc) is 3.16. The summed E-state index contributed by atoms with van der Waals surface area (Å²) in [6, 6.07) is 11.4. The van der Waals surface area contributed by atoms with Crippen molar-refractivity contribution in [3.63, 3.8) is 0 Å². The second-order valence-corrected chi connectivity index (χ2v) is 6.82. The van der Waals surface area contributed by atoms with Crippen molar-refractivity contribution in [2.24, 2.45) is 0 Å². The van der Waals surface area contributed by atoms with Gasteiger partial charge >= 0.3 is 5.97 Å². The van der Waals surface area contributed by atoms with Gasteiger partial charge in [-0.3, -0.25) is 4.98 Å². The van der Waals surface area contributed by atoms with Crippen LogP contribution in [0.15, 0.2) is 55.0 Å². The van der Waals surface area contributed by atoms with Crippen LogP contribution in [0.1, 0.15) is 24.2 Å². The lowest BCUT2D eigenvalue weighted by molar-refractivity contribution is 0.0528. The molecule has 6 nitrogen and oxygen atoms in total. The van der Waals surface area contributed by atoms with Gasteiger partial charge in [0.25, 0.3) is 0 Å². The summed E-state index contributed by atoms with van der Waals surface area (Å²) in [5.74, 6) is -0.444. The van der Waals surface area contributed by atoms with Gasteiger partial charge in [-0.1, -0.05) is 41.9 Å². The number of aromatic nitrogens is 4. The molecule has 29 heavy (non-hydrogen) atoms. The van der Waals surface area contributed by atoms with E-state index in [0.717, 1.165) is 10.9 Å². The van der Waals surface area contributed by atoms with Crippen LogP contribution in [0.3, 0.4) is 0 Å². The number of carbonyl (C=O) groups excluding carboxylic acids is 1. The van der Waals surface area contributed by atoms with Crippen LogP contribution < -0.4 is 0 Å². The van der Waals surface area contributed by atoms with E-state index in [1.165, 1.54) is 0 Å². The van der Waals surface area contributed by atoms with E-state index in [1.54, 1.807) is 36.3 Å². The summed E-state index contributed by atoms with van der Waals surface area (Å²) >= 11 is 6.21. The van der Waals surface area contributed by atoms with Crippen LogP contribution in [0.5, 0.6) is 0 Å². The zero-order valence-electron chi connectivity index (χ0n) is 16.1. The molecule has 0 amide bonds. The molecule has 0 aliphatic carbocycles. The molecule has 0 N–H and O–H groups in total. The molecule has 0 radical (unpaired) electrons. The highest BCUT2D eigenvalue weighted by atomic mass is 35.5. The van der Waals surface area contributed by atoms with E-state index in [1.807, 2.05) is 37.3 Å². The Hall–Kier alpha value is -3.25. The molecular formula is C22H19ClN4O2. The number of aryl methyl sites for hydroxylation is 1. The maximum absolute atomic E-state index is 13.1. The Morgan fingerprint density at radius 2 is 1.90 bits per heavy atom. The van der Waals surface area contributed by atoms with Crippen molar-refractivity contribution in [3.8, 4) is 22.4 Å². The Morgan fingerprint density at radius 3 is 2.59 bits per heavy atom. The predicted molar refractivity (Wildman–Crippen MR) is 113 cm³/mol. The lowest BCUT2D eigenvalue weighted by atomic mass is 9.94. The van der Waals surface area contributed by atoms with E-state index >= 15 is 0 Å². The summed E-state index contributed by atoms with van der Waals surface area (Å²) in [7, 11) is 0. The maximum Gasteiger partial charge on any atom is 0.341 e. The Balaban J connectivity index is 2.16. The molecule has 0 bridgehead atoms. The molecule has 0 saturated carbocycles. The SMILES string of the molecule is CCOC(=O)c1c(-c2ccccc2)nc2c(cnn2CC)c1-c1cncc(Cl)c1. The van der Waals surface area contributed by atoms with Crippen molar-refractivity contribution in [2.45, 2.75) is 20.4 Å². The topological polar surface area (TPSA) is 69.9 Å². The maximum atomic E-state index is 13.1. The van der Waals surface area contributed by atoms with Gasteiger partial charge in [0, 0.05) is 41.0 Å². The number of halogens is 1. The Bertz CT molecular complexity index is 1190. The molecule has 0 atom stereocenters. The fraction of sp³-hybridized carbons (Fsp3) is 0.182. The van der Waals surface area contributed by atoms with E-state index in [2.05, 4.69) is 10.1 Å². The predicted octanol–water partition coefficient (Wildman–Crippen LogP) is 5.01. The molecule has 0 unspecified atom stereocenters. The summed E-state index contributed by atoms with van der Waals surface area (Å²) < 4.78 is 7.21. The van der Waals surface area contributed by atoms with E-state index in [-0.39, 0.29) is 6.61 Å². The first kappa shape index (κ1) is 19.1. The molecule has 7 heteroatoms. The van der Waals surface area contributed by atoms with Gasteiger partial charge < -0.3 is 4.74 Å². The Labute approximate surface area is 173 Å². The van der Waals surface area contributed by atoms with Gasteiger partial charge in [0.2, 0.25) is 0 Å². The lowest BCUT2D eigenvalue weighted by Crippen LogP contribution is -2.11. The number of hydrogen-bond acceptors (Lipinski definition) is 5. The molecule has 1 aromatic carbocycles. The molecule has 4 rings (SSSR count). The van der Waals surface area contributed by atoms with Gasteiger partial charge in [0.05, 0.1) is 29.1 Å². The first-order valence-electron chi connectivity index (χ1n) is 9.37. The minimum Gasteiger partial charge on any atom is -0.462 e. The van der Waals surface area contributed by atoms with Crippen LogP contribution in [0.2, 0.25) is 5.02 Å². The normalized spacial score (nSPS) is 11.0. The zero-order chi connectivity index (χ0) is 20.4. The largest absolute Gasteiger partial charge is 0.462 e. The monoisotopic (exact) mass is 406 g/mol. The lowest BCUT2D eigenvalue weighted by Gasteiger charge is -2.15. The fourth-order valence-electron chi connectivity index (χ4n) is 3.37. The Morgan fingerprint density at radius 1 is 1.10 bits per heavy atom. The number of ether oxygens (including phenoxy) is 1. The molecule has 146 valence electrons. The summed E-state index contributed by atoms with van der Waals surface area (Å²) in [6.07, 6.45) is 4.96. The van der Waals surface area contributed by atoms with Gasteiger partial charge in [-0.25, -0.2) is 14.5 Å². The van der Waals surface area contributed by atoms with Crippen molar-refractivity contribution in [1.29, 1.82) is 0 Å². The van der Waals surface area contributed by atoms with Crippen molar-refractivity contribution in [3.05, 3.63) is 65.6 Å². The second kappa shape index (κ2) is 8.01. The number of pyridine rings is 2. The average molecular weight is 407 g/mol. The zero-order valence-corrected chi connectivity index (χ0v) is 16.8. The minimum absolute atomic E-state index is 0.257. The summed E-state index contributed by atoms with van der Waals surface area (Å²) in [5, 5.41) is 5.68. The van der Waals surface area contributed by atoms with E-state index in [0.29, 0.717) is 39.6 Å². The van der Waals surface area contributed by atoms with Crippen molar-refractivity contribution in [2.75, 3.05) is 6.61 Å². The van der Waals surface area contributed by atoms with E-state index < -0.39 is 5.97 Å². The number of benzene rings is 1. The number of hydrogen-bond donors (Lipinski definition) is 0. The highest BCUT2D eigenvalue weighted by Gasteiger charge is 2.26. The number of esters is 1.